The van der Waals surface area contributed by atoms with Crippen LogP contribution in [0.3, 0.4) is 0 Å². The van der Waals surface area contributed by atoms with Gasteiger partial charge in [0, 0.05) is 6.54 Å². The van der Waals surface area contributed by atoms with Gasteiger partial charge in [-0.25, -0.2) is 0 Å². The molecule has 0 aliphatic carbocycles. The van der Waals surface area contributed by atoms with Crippen LogP contribution in [-0.2, 0) is 0 Å². The lowest BCUT2D eigenvalue weighted by Crippen LogP contribution is -2.13. The van der Waals surface area contributed by atoms with E-state index in [4.69, 9.17) is 4.74 Å². The Bertz CT molecular complexity index is 390. The van der Waals surface area contributed by atoms with E-state index >= 15 is 0 Å². The van der Waals surface area contributed by atoms with Gasteiger partial charge >= 0.3 is 0 Å². The second-order valence-electron chi connectivity index (χ2n) is 4.57. The maximum atomic E-state index is 5.46. The van der Waals surface area contributed by atoms with Crippen molar-refractivity contribution < 1.29 is 4.74 Å². The third kappa shape index (κ3) is 4.76. The predicted octanol–water partition coefficient (Wildman–Crippen LogP) is 3.51. The highest BCUT2D eigenvalue weighted by Gasteiger charge is 2.02. The Morgan fingerprint density at radius 3 is 2.50 bits per heavy atom. The summed E-state index contributed by atoms with van der Waals surface area (Å²) in [5.41, 5.74) is 2.61. The average Bonchev–Trinajstić information content (AvgIpc) is 2.37. The van der Waals surface area contributed by atoms with Gasteiger partial charge < -0.3 is 10.1 Å². The van der Waals surface area contributed by atoms with Crippen LogP contribution < -0.4 is 10.1 Å². The molecular formula is C16H23NO. The molecule has 0 amide bonds. The third-order valence-corrected chi connectivity index (χ3v) is 2.72. The summed E-state index contributed by atoms with van der Waals surface area (Å²) in [5.74, 6) is 1.43. The normalized spacial score (nSPS) is 11.7. The van der Waals surface area contributed by atoms with Crippen molar-refractivity contribution in [3.8, 4) is 5.75 Å². The number of ether oxygens (including phenoxy) is 1. The van der Waals surface area contributed by atoms with Crippen LogP contribution in [0, 0.1) is 5.92 Å². The molecule has 0 aliphatic rings. The zero-order chi connectivity index (χ0) is 13.4. The fraction of sp³-hybridized carbons (Fsp3) is 0.375. The Kier molecular flexibility index (Phi) is 6.23. The van der Waals surface area contributed by atoms with Crippen LogP contribution in [0.2, 0.25) is 0 Å². The van der Waals surface area contributed by atoms with E-state index in [1.807, 2.05) is 19.2 Å². The van der Waals surface area contributed by atoms with E-state index in [2.05, 4.69) is 44.0 Å². The van der Waals surface area contributed by atoms with E-state index < -0.39 is 0 Å². The van der Waals surface area contributed by atoms with Crippen molar-refractivity contribution in [3.05, 3.63) is 48.1 Å². The predicted molar refractivity (Wildman–Crippen MR) is 78.9 cm³/mol. The van der Waals surface area contributed by atoms with E-state index in [1.54, 1.807) is 6.08 Å². The summed E-state index contributed by atoms with van der Waals surface area (Å²) in [5, 5.41) is 3.20. The molecule has 1 N–H and O–H groups in total. The van der Waals surface area contributed by atoms with E-state index in [9.17, 15) is 0 Å². The Balaban J connectivity index is 2.77. The van der Waals surface area contributed by atoms with Crippen molar-refractivity contribution in [1.29, 1.82) is 0 Å². The lowest BCUT2D eigenvalue weighted by atomic mass is 10.0. The van der Waals surface area contributed by atoms with Crippen LogP contribution in [0.4, 0.5) is 0 Å². The molecule has 2 nitrogen and oxygen atoms in total. The Labute approximate surface area is 110 Å². The van der Waals surface area contributed by atoms with Crippen molar-refractivity contribution in [2.24, 2.45) is 5.92 Å². The molecule has 0 aliphatic heterocycles. The fourth-order valence-corrected chi connectivity index (χ4v) is 1.66. The Morgan fingerprint density at radius 1 is 1.33 bits per heavy atom. The molecule has 0 spiro atoms. The van der Waals surface area contributed by atoms with Crippen LogP contribution in [0.5, 0.6) is 5.75 Å². The van der Waals surface area contributed by atoms with Crippen molar-refractivity contribution >= 4 is 6.08 Å². The quantitative estimate of drug-likeness (QED) is 0.742. The van der Waals surface area contributed by atoms with Gasteiger partial charge in [-0.15, -0.1) is 0 Å². The number of hydrogen-bond donors (Lipinski definition) is 1. The highest BCUT2D eigenvalue weighted by molar-refractivity contribution is 5.54. The first-order valence-corrected chi connectivity index (χ1v) is 6.36. The molecule has 2 heteroatoms. The Morgan fingerprint density at radius 2 is 2.00 bits per heavy atom. The molecule has 0 atom stereocenters. The second-order valence-corrected chi connectivity index (χ2v) is 4.57. The summed E-state index contributed by atoms with van der Waals surface area (Å²) in [4.78, 5) is 0. The molecule has 0 unspecified atom stereocenters. The molecular weight excluding hydrogens is 222 g/mol. The van der Waals surface area contributed by atoms with Crippen LogP contribution in [0.1, 0.15) is 19.4 Å². The molecule has 0 saturated heterocycles. The molecule has 0 fully saturated rings. The lowest BCUT2D eigenvalue weighted by molar-refractivity contribution is 0.363. The first kappa shape index (κ1) is 14.5. The van der Waals surface area contributed by atoms with Gasteiger partial charge in [0.2, 0.25) is 0 Å². The lowest BCUT2D eigenvalue weighted by Gasteiger charge is -2.11. The summed E-state index contributed by atoms with van der Waals surface area (Å²) in [6, 6.07) is 8.15. The number of nitrogens with one attached hydrogen (secondary N) is 1. The monoisotopic (exact) mass is 245 g/mol. The fourth-order valence-electron chi connectivity index (χ4n) is 1.66. The SMILES string of the molecule is C=CCOc1ccc(C=C(CNC)C(C)C)cc1. The van der Waals surface area contributed by atoms with Gasteiger partial charge in [0.05, 0.1) is 0 Å². The van der Waals surface area contributed by atoms with Gasteiger partial charge in [0.1, 0.15) is 12.4 Å². The standard InChI is InChI=1S/C16H23NO/c1-5-10-18-16-8-6-14(7-9-16)11-15(12-17-4)13(2)3/h5-9,11,13,17H,1,10,12H2,2-4H3. The van der Waals surface area contributed by atoms with Crippen LogP contribution >= 0.6 is 0 Å². The molecule has 0 heterocycles. The topological polar surface area (TPSA) is 21.3 Å². The van der Waals surface area contributed by atoms with Gasteiger partial charge in [-0.05, 0) is 30.7 Å². The molecule has 1 aromatic rings. The van der Waals surface area contributed by atoms with E-state index in [-0.39, 0.29) is 0 Å². The highest BCUT2D eigenvalue weighted by Crippen LogP contribution is 2.17. The molecule has 0 bridgehead atoms. The van der Waals surface area contributed by atoms with Gasteiger partial charge in [-0.1, -0.05) is 50.3 Å². The summed E-state index contributed by atoms with van der Waals surface area (Å²) >= 11 is 0. The summed E-state index contributed by atoms with van der Waals surface area (Å²) in [6.45, 7) is 9.53. The first-order chi connectivity index (χ1) is 8.67. The minimum atomic E-state index is 0.548. The number of hydrogen-bond acceptors (Lipinski definition) is 2. The molecule has 0 saturated carbocycles. The average molecular weight is 245 g/mol. The van der Waals surface area contributed by atoms with Gasteiger partial charge in [0.25, 0.3) is 0 Å². The molecule has 1 aromatic carbocycles. The van der Waals surface area contributed by atoms with Crippen molar-refractivity contribution in [2.75, 3.05) is 20.2 Å². The third-order valence-electron chi connectivity index (χ3n) is 2.72. The maximum Gasteiger partial charge on any atom is 0.119 e. The first-order valence-electron chi connectivity index (χ1n) is 6.36. The van der Waals surface area contributed by atoms with Gasteiger partial charge in [-0.3, -0.25) is 0 Å². The summed E-state index contributed by atoms with van der Waals surface area (Å²) < 4.78 is 5.46. The minimum Gasteiger partial charge on any atom is -0.490 e. The van der Waals surface area contributed by atoms with E-state index in [1.165, 1.54) is 11.1 Å². The second kappa shape index (κ2) is 7.72. The zero-order valence-corrected chi connectivity index (χ0v) is 11.6. The van der Waals surface area contributed by atoms with Crippen molar-refractivity contribution in [3.63, 3.8) is 0 Å². The molecule has 18 heavy (non-hydrogen) atoms. The molecule has 98 valence electrons. The van der Waals surface area contributed by atoms with Crippen molar-refractivity contribution in [2.45, 2.75) is 13.8 Å². The minimum absolute atomic E-state index is 0.548. The zero-order valence-electron chi connectivity index (χ0n) is 11.6. The molecule has 1 rings (SSSR count). The summed E-state index contributed by atoms with van der Waals surface area (Å²) in [7, 11) is 1.97. The maximum absolute atomic E-state index is 5.46. The highest BCUT2D eigenvalue weighted by atomic mass is 16.5. The van der Waals surface area contributed by atoms with Crippen molar-refractivity contribution in [1.82, 2.24) is 5.32 Å². The smallest absolute Gasteiger partial charge is 0.119 e. The Hall–Kier alpha value is -1.54. The molecule has 0 radical (unpaired) electrons. The van der Waals surface area contributed by atoms with E-state index in [0.717, 1.165) is 12.3 Å². The molecule has 0 aromatic heterocycles. The van der Waals surface area contributed by atoms with E-state index in [0.29, 0.717) is 12.5 Å². The number of likely N-dealkylation sites (N-methyl/N-ethyl adjacent to an activating group) is 1. The number of benzene rings is 1. The van der Waals surface area contributed by atoms with Gasteiger partial charge in [-0.2, -0.15) is 0 Å². The van der Waals surface area contributed by atoms with Crippen LogP contribution in [0.15, 0.2) is 42.5 Å². The van der Waals surface area contributed by atoms with Gasteiger partial charge in [0.15, 0.2) is 0 Å². The summed E-state index contributed by atoms with van der Waals surface area (Å²) in [6.07, 6.45) is 3.98. The largest absolute Gasteiger partial charge is 0.490 e. The van der Waals surface area contributed by atoms with Crippen LogP contribution in [-0.4, -0.2) is 20.2 Å². The number of rotatable bonds is 7. The van der Waals surface area contributed by atoms with Crippen LogP contribution in [0.25, 0.3) is 6.08 Å².